The third kappa shape index (κ3) is 5.25. The first-order valence-corrected chi connectivity index (χ1v) is 10.6. The van der Waals surface area contributed by atoms with Crippen LogP contribution in [0.1, 0.15) is 17.5 Å². The van der Waals surface area contributed by atoms with E-state index in [-0.39, 0.29) is 18.9 Å². The Kier molecular flexibility index (Phi) is 6.74. The van der Waals surface area contributed by atoms with E-state index in [4.69, 9.17) is 4.74 Å². The molecule has 2 amide bonds. The van der Waals surface area contributed by atoms with Gasteiger partial charge in [0.2, 0.25) is 5.91 Å². The fourth-order valence-corrected chi connectivity index (χ4v) is 3.70. The molecule has 1 fully saturated rings. The molecule has 0 saturated carbocycles. The minimum atomic E-state index is -0.587. The van der Waals surface area contributed by atoms with Crippen LogP contribution < -0.4 is 10.2 Å². The molecule has 1 heterocycles. The number of ether oxygens (including phenoxy) is 1. The average molecular weight is 524 g/mol. The van der Waals surface area contributed by atoms with Crippen LogP contribution in [0.5, 0.6) is 0 Å². The number of benzene rings is 2. The molecule has 6 nitrogen and oxygen atoms in total. The lowest BCUT2D eigenvalue weighted by Crippen LogP contribution is -2.28. The van der Waals surface area contributed by atoms with E-state index in [1.165, 1.54) is 0 Å². The maximum atomic E-state index is 12.3. The number of rotatable bonds is 5. The quantitative estimate of drug-likeness (QED) is 0.591. The Bertz CT molecular complexity index is 937. The van der Waals surface area contributed by atoms with E-state index >= 15 is 0 Å². The van der Waals surface area contributed by atoms with Gasteiger partial charge in [-0.05, 0) is 61.4 Å². The summed E-state index contributed by atoms with van der Waals surface area (Å²) >= 11 is 6.84. The zero-order chi connectivity index (χ0) is 21.1. The summed E-state index contributed by atoms with van der Waals surface area (Å²) in [6.45, 7) is 3.71. The van der Waals surface area contributed by atoms with E-state index in [0.29, 0.717) is 5.69 Å². The predicted molar refractivity (Wildman–Crippen MR) is 118 cm³/mol. The number of amides is 2. The molecule has 0 aromatic heterocycles. The molecule has 2 aromatic rings. The third-order valence-electron chi connectivity index (χ3n) is 4.66. The van der Waals surface area contributed by atoms with Gasteiger partial charge in [-0.25, -0.2) is 0 Å². The molecule has 0 bridgehead atoms. The highest BCUT2D eigenvalue weighted by Crippen LogP contribution is 2.27. The number of hydrogen-bond donors (Lipinski definition) is 1. The van der Waals surface area contributed by atoms with E-state index in [0.717, 1.165) is 25.8 Å². The fraction of sp³-hybridized carbons (Fsp3) is 0.286. The van der Waals surface area contributed by atoms with Crippen LogP contribution in [0.15, 0.2) is 45.3 Å². The molecule has 1 N–H and O–H groups in total. The molecule has 29 heavy (non-hydrogen) atoms. The number of hydrogen-bond acceptors (Lipinski definition) is 4. The third-order valence-corrected chi connectivity index (χ3v) is 6.44. The number of nitrogens with zero attached hydrogens (tertiary/aromatic N) is 1. The second-order valence-corrected chi connectivity index (χ2v) is 8.67. The molecule has 0 spiro atoms. The molecule has 152 valence electrons. The summed E-state index contributed by atoms with van der Waals surface area (Å²) in [7, 11) is 0. The van der Waals surface area contributed by atoms with Gasteiger partial charge >= 0.3 is 5.97 Å². The zero-order valence-electron chi connectivity index (χ0n) is 16.0. The van der Waals surface area contributed by atoms with Crippen LogP contribution in [0, 0.1) is 19.8 Å². The van der Waals surface area contributed by atoms with Crippen molar-refractivity contribution in [1.29, 1.82) is 0 Å². The molecule has 1 aliphatic heterocycles. The molecule has 1 atom stereocenters. The van der Waals surface area contributed by atoms with Crippen LogP contribution in [0.4, 0.5) is 11.4 Å². The first kappa shape index (κ1) is 21.5. The van der Waals surface area contributed by atoms with Gasteiger partial charge in [0.25, 0.3) is 5.91 Å². The first-order chi connectivity index (χ1) is 13.7. The molecule has 1 aliphatic rings. The van der Waals surface area contributed by atoms with Crippen molar-refractivity contribution >= 4 is 61.0 Å². The van der Waals surface area contributed by atoms with E-state index in [1.807, 2.05) is 50.2 Å². The van der Waals surface area contributed by atoms with Crippen molar-refractivity contribution in [2.75, 3.05) is 23.4 Å². The maximum Gasteiger partial charge on any atom is 0.311 e. The average Bonchev–Trinajstić information content (AvgIpc) is 3.06. The highest BCUT2D eigenvalue weighted by molar-refractivity contribution is 9.10. The van der Waals surface area contributed by atoms with Gasteiger partial charge in [0.05, 0.1) is 5.92 Å². The highest BCUT2D eigenvalue weighted by Gasteiger charge is 2.36. The fourth-order valence-electron chi connectivity index (χ4n) is 3.21. The van der Waals surface area contributed by atoms with Gasteiger partial charge in [0, 0.05) is 33.3 Å². The molecule has 1 saturated heterocycles. The van der Waals surface area contributed by atoms with E-state index in [2.05, 4.69) is 37.2 Å². The topological polar surface area (TPSA) is 75.7 Å². The molecular formula is C21H20Br2N2O4. The number of halogens is 2. The molecule has 0 radical (unpaired) electrons. The Hall–Kier alpha value is -2.19. The summed E-state index contributed by atoms with van der Waals surface area (Å²) in [4.78, 5) is 38.3. The Morgan fingerprint density at radius 3 is 2.38 bits per heavy atom. The van der Waals surface area contributed by atoms with Crippen molar-refractivity contribution in [2.45, 2.75) is 20.3 Å². The second-order valence-electron chi connectivity index (χ2n) is 6.96. The lowest BCUT2D eigenvalue weighted by molar-refractivity contribution is -0.151. The Labute approximate surface area is 185 Å². The zero-order valence-corrected chi connectivity index (χ0v) is 19.2. The number of aryl methyl sites for hydroxylation is 2. The molecule has 0 aliphatic carbocycles. The summed E-state index contributed by atoms with van der Waals surface area (Å²) in [6.07, 6.45) is 0.0710. The van der Waals surface area contributed by atoms with Gasteiger partial charge in [-0.2, -0.15) is 0 Å². The van der Waals surface area contributed by atoms with Crippen molar-refractivity contribution in [1.82, 2.24) is 0 Å². The van der Waals surface area contributed by atoms with E-state index in [9.17, 15) is 14.4 Å². The van der Waals surface area contributed by atoms with Crippen molar-refractivity contribution in [3.8, 4) is 0 Å². The van der Waals surface area contributed by atoms with Gasteiger partial charge in [-0.15, -0.1) is 0 Å². The van der Waals surface area contributed by atoms with Crippen LogP contribution >= 0.6 is 31.9 Å². The van der Waals surface area contributed by atoms with Gasteiger partial charge in [0.15, 0.2) is 6.61 Å². The first-order valence-electron chi connectivity index (χ1n) is 9.03. The highest BCUT2D eigenvalue weighted by atomic mass is 79.9. The van der Waals surface area contributed by atoms with Crippen molar-refractivity contribution < 1.29 is 19.1 Å². The van der Waals surface area contributed by atoms with Gasteiger partial charge < -0.3 is 15.0 Å². The summed E-state index contributed by atoms with van der Waals surface area (Å²) in [5, 5.41) is 2.73. The summed E-state index contributed by atoms with van der Waals surface area (Å²) in [5.74, 6) is -1.69. The van der Waals surface area contributed by atoms with Crippen LogP contribution in [-0.4, -0.2) is 30.9 Å². The predicted octanol–water partition coefficient (Wildman–Crippen LogP) is 4.36. The van der Waals surface area contributed by atoms with Crippen molar-refractivity contribution in [3.05, 3.63) is 56.5 Å². The van der Waals surface area contributed by atoms with Crippen LogP contribution in [0.25, 0.3) is 0 Å². The minimum Gasteiger partial charge on any atom is -0.455 e. The summed E-state index contributed by atoms with van der Waals surface area (Å²) < 4.78 is 7.05. The van der Waals surface area contributed by atoms with E-state index in [1.54, 1.807) is 4.90 Å². The lowest BCUT2D eigenvalue weighted by atomic mass is 10.1. The largest absolute Gasteiger partial charge is 0.455 e. The number of carbonyl (C=O) groups is 3. The van der Waals surface area contributed by atoms with Crippen LogP contribution in [0.2, 0.25) is 0 Å². The van der Waals surface area contributed by atoms with Crippen molar-refractivity contribution in [3.63, 3.8) is 0 Å². The van der Waals surface area contributed by atoms with Gasteiger partial charge in [-0.3, -0.25) is 14.4 Å². The lowest BCUT2D eigenvalue weighted by Gasteiger charge is -2.16. The number of esters is 1. The SMILES string of the molecule is Cc1cc(NC(=O)COC(=O)[C@H]2CC(=O)N(c3ccc(Br)cc3)C2)cc(C)c1Br. The molecule has 0 unspecified atom stereocenters. The van der Waals surface area contributed by atoms with Crippen LogP contribution in [0.3, 0.4) is 0 Å². The Balaban J connectivity index is 1.53. The summed E-state index contributed by atoms with van der Waals surface area (Å²) in [5.41, 5.74) is 3.36. The molecular weight excluding hydrogens is 504 g/mol. The second kappa shape index (κ2) is 9.09. The standard InChI is InChI=1S/C21H20Br2N2O4/c1-12-7-16(8-13(2)20(12)23)24-18(26)11-29-21(28)14-9-19(27)25(10-14)17-5-3-15(22)4-6-17/h3-8,14H,9-11H2,1-2H3,(H,24,26)/t14-/m0/s1. The Morgan fingerprint density at radius 1 is 1.14 bits per heavy atom. The van der Waals surface area contributed by atoms with Gasteiger partial charge in [0.1, 0.15) is 0 Å². The normalized spacial score (nSPS) is 16.1. The summed E-state index contributed by atoms with van der Waals surface area (Å²) in [6, 6.07) is 11.0. The Morgan fingerprint density at radius 2 is 1.76 bits per heavy atom. The van der Waals surface area contributed by atoms with Crippen LogP contribution in [-0.2, 0) is 19.1 Å². The molecule has 8 heteroatoms. The van der Waals surface area contributed by atoms with Gasteiger partial charge in [-0.1, -0.05) is 31.9 Å². The maximum absolute atomic E-state index is 12.3. The minimum absolute atomic E-state index is 0.0710. The number of carbonyl (C=O) groups excluding carboxylic acids is 3. The number of anilines is 2. The van der Waals surface area contributed by atoms with E-state index < -0.39 is 24.4 Å². The monoisotopic (exact) mass is 522 g/mol. The smallest absolute Gasteiger partial charge is 0.311 e. The number of nitrogens with one attached hydrogen (secondary N) is 1. The molecule has 2 aromatic carbocycles. The molecule has 3 rings (SSSR count). The van der Waals surface area contributed by atoms with Crippen molar-refractivity contribution in [2.24, 2.45) is 5.92 Å².